The van der Waals surface area contributed by atoms with Gasteiger partial charge in [0.1, 0.15) is 12.3 Å². The molecule has 0 fully saturated rings. The van der Waals surface area contributed by atoms with Crippen LogP contribution in [0.2, 0.25) is 0 Å². The highest BCUT2D eigenvalue weighted by atomic mass is 16.5. The third-order valence-corrected chi connectivity index (χ3v) is 3.06. The molecule has 0 unspecified atom stereocenters. The van der Waals surface area contributed by atoms with Crippen LogP contribution in [-0.4, -0.2) is 45.4 Å². The first-order valence-electron chi connectivity index (χ1n) is 7.13. The second-order valence-corrected chi connectivity index (χ2v) is 4.82. The first-order valence-corrected chi connectivity index (χ1v) is 7.13. The normalized spacial score (nSPS) is 11.0. The predicted molar refractivity (Wildman–Crippen MR) is 92.0 cm³/mol. The van der Waals surface area contributed by atoms with Crippen molar-refractivity contribution >= 4 is 29.0 Å². The zero-order valence-electron chi connectivity index (χ0n) is 13.5. The lowest BCUT2D eigenvalue weighted by Gasteiger charge is -2.03. The molecule has 0 aromatic carbocycles. The smallest absolute Gasteiger partial charge is 0.323 e. The quantitative estimate of drug-likeness (QED) is 0.520. The van der Waals surface area contributed by atoms with Gasteiger partial charge in [-0.25, -0.2) is 14.3 Å². The van der Waals surface area contributed by atoms with Crippen LogP contribution < -0.4 is 10.6 Å². The number of aromatic nitrogens is 3. The van der Waals surface area contributed by atoms with Crippen LogP contribution >= 0.6 is 0 Å². The van der Waals surface area contributed by atoms with Crippen LogP contribution in [-0.2, 0) is 9.53 Å². The number of hydrogen-bond acceptors (Lipinski definition) is 5. The Kier molecular flexibility index (Phi) is 5.51. The molecule has 0 aliphatic heterocycles. The lowest BCUT2D eigenvalue weighted by Crippen LogP contribution is -2.33. The van der Waals surface area contributed by atoms with Gasteiger partial charge in [-0.2, -0.15) is 5.10 Å². The molecule has 25 heavy (non-hydrogen) atoms. The number of methoxy groups -OCH3 is 1. The number of fused-ring (bicyclic) bond motifs is 1. The Morgan fingerprint density at radius 1 is 1.44 bits per heavy atom. The molecule has 2 rings (SSSR count). The van der Waals surface area contributed by atoms with Gasteiger partial charge in [-0.1, -0.05) is 19.2 Å². The predicted octanol–water partition coefficient (Wildman–Crippen LogP) is 1.66. The highest BCUT2D eigenvalue weighted by Crippen LogP contribution is 2.17. The molecule has 130 valence electrons. The van der Waals surface area contributed by atoms with Crippen molar-refractivity contribution in [3.05, 3.63) is 55.1 Å². The fraction of sp³-hybridized carbons (Fsp3) is 0.125. The molecule has 0 radical (unpaired) electrons. The lowest BCUT2D eigenvalue weighted by molar-refractivity contribution is -0.135. The number of rotatable bonds is 7. The summed E-state index contributed by atoms with van der Waals surface area (Å²) in [5.74, 6) is -0.448. The Morgan fingerprint density at radius 3 is 2.84 bits per heavy atom. The number of nitrogens with zero attached hydrogens (tertiary/aromatic N) is 3. The zero-order valence-corrected chi connectivity index (χ0v) is 13.5. The van der Waals surface area contributed by atoms with Gasteiger partial charge in [0.05, 0.1) is 19.0 Å². The van der Waals surface area contributed by atoms with Crippen LogP contribution in [0, 0.1) is 0 Å². The zero-order chi connectivity index (χ0) is 18.4. The van der Waals surface area contributed by atoms with Gasteiger partial charge in [0.2, 0.25) is 0 Å². The number of hydrogen-bond donors (Lipinski definition) is 3. The van der Waals surface area contributed by atoms with E-state index in [-0.39, 0.29) is 5.82 Å². The number of carbonyl (C=O) groups is 2. The summed E-state index contributed by atoms with van der Waals surface area (Å²) in [6, 6.07) is 2.79. The number of amides is 2. The largest absolute Gasteiger partial charge is 0.497 e. The van der Waals surface area contributed by atoms with Crippen molar-refractivity contribution in [1.82, 2.24) is 19.9 Å². The molecule has 3 N–H and O–H groups in total. The first kappa shape index (κ1) is 17.7. The van der Waals surface area contributed by atoms with Crippen molar-refractivity contribution in [1.29, 1.82) is 0 Å². The number of carboxylic acids is 1. The Balaban J connectivity index is 2.22. The molecule has 2 aromatic rings. The van der Waals surface area contributed by atoms with Crippen LogP contribution in [0.25, 0.3) is 11.2 Å². The minimum atomic E-state index is -1.14. The van der Waals surface area contributed by atoms with Gasteiger partial charge in [-0.3, -0.25) is 10.1 Å². The van der Waals surface area contributed by atoms with Gasteiger partial charge in [0.25, 0.3) is 0 Å². The molecule has 0 atom stereocenters. The molecule has 0 saturated carbocycles. The first-order chi connectivity index (χ1) is 11.9. The van der Waals surface area contributed by atoms with E-state index in [0.29, 0.717) is 22.7 Å². The van der Waals surface area contributed by atoms with Crippen LogP contribution in [0.15, 0.2) is 49.4 Å². The van der Waals surface area contributed by atoms with E-state index in [1.54, 1.807) is 24.3 Å². The fourth-order valence-electron chi connectivity index (χ4n) is 1.88. The van der Waals surface area contributed by atoms with Crippen molar-refractivity contribution in [2.24, 2.45) is 0 Å². The van der Waals surface area contributed by atoms with Gasteiger partial charge in [0, 0.05) is 5.57 Å². The number of nitrogens with one attached hydrogen (secondary N) is 2. The minimum Gasteiger partial charge on any atom is -0.497 e. The maximum absolute atomic E-state index is 11.6. The highest BCUT2D eigenvalue weighted by molar-refractivity contribution is 5.90. The molecule has 0 saturated heterocycles. The van der Waals surface area contributed by atoms with E-state index in [9.17, 15) is 9.59 Å². The van der Waals surface area contributed by atoms with Gasteiger partial charge < -0.3 is 15.2 Å². The summed E-state index contributed by atoms with van der Waals surface area (Å²) in [4.78, 5) is 26.2. The Morgan fingerprint density at radius 2 is 2.20 bits per heavy atom. The molecular formula is C16H17N5O4. The van der Waals surface area contributed by atoms with E-state index in [4.69, 9.17) is 9.84 Å². The van der Waals surface area contributed by atoms with E-state index < -0.39 is 18.5 Å². The standard InChI is InChI=1S/C16H17N5O4/c1-4-11(7-10(2)25-3)12-5-6-14-18-13(9-21(14)20-12)19-16(24)17-8-15(22)23/h4-7,9H,1-2,8H2,3H3,(H,22,23)(H2,17,19,24)/b11-7+. The number of aliphatic carboxylic acids is 1. The van der Waals surface area contributed by atoms with Crippen LogP contribution in [0.1, 0.15) is 5.69 Å². The van der Waals surface area contributed by atoms with E-state index >= 15 is 0 Å². The third-order valence-electron chi connectivity index (χ3n) is 3.06. The van der Waals surface area contributed by atoms with E-state index in [0.717, 1.165) is 0 Å². The summed E-state index contributed by atoms with van der Waals surface area (Å²) >= 11 is 0. The topological polar surface area (TPSA) is 118 Å². The molecule has 0 bridgehead atoms. The summed E-state index contributed by atoms with van der Waals surface area (Å²) < 4.78 is 6.50. The van der Waals surface area contributed by atoms with Crippen molar-refractivity contribution in [2.75, 3.05) is 19.0 Å². The highest BCUT2D eigenvalue weighted by Gasteiger charge is 2.09. The average molecular weight is 343 g/mol. The van der Waals surface area contributed by atoms with Crippen molar-refractivity contribution in [3.8, 4) is 0 Å². The summed E-state index contributed by atoms with van der Waals surface area (Å²) in [7, 11) is 1.51. The molecular weight excluding hydrogens is 326 g/mol. The van der Waals surface area contributed by atoms with Gasteiger partial charge in [-0.15, -0.1) is 0 Å². The van der Waals surface area contributed by atoms with Crippen LogP contribution in [0.3, 0.4) is 0 Å². The fourth-order valence-corrected chi connectivity index (χ4v) is 1.88. The van der Waals surface area contributed by atoms with Gasteiger partial charge in [0.15, 0.2) is 11.5 Å². The SMILES string of the molecule is C=C/C(=C\C(=C)OC)c1ccc2nc(NC(=O)NCC(=O)O)cn2n1. The summed E-state index contributed by atoms with van der Waals surface area (Å²) in [6.07, 6.45) is 4.81. The molecule has 2 aromatic heterocycles. The monoisotopic (exact) mass is 343 g/mol. The van der Waals surface area contributed by atoms with Gasteiger partial charge in [-0.05, 0) is 18.2 Å². The Labute approximate surface area is 143 Å². The molecule has 2 heterocycles. The third kappa shape index (κ3) is 4.67. The van der Waals surface area contributed by atoms with Crippen LogP contribution in [0.4, 0.5) is 10.6 Å². The second kappa shape index (κ2) is 7.77. The number of carbonyl (C=O) groups excluding carboxylic acids is 1. The number of anilines is 1. The number of urea groups is 1. The lowest BCUT2D eigenvalue weighted by atomic mass is 10.1. The molecule has 0 spiro atoms. The molecule has 2 amide bonds. The second-order valence-electron chi connectivity index (χ2n) is 4.82. The molecule has 0 aliphatic rings. The van der Waals surface area contributed by atoms with Gasteiger partial charge >= 0.3 is 12.0 Å². The molecule has 9 heteroatoms. The number of carboxylic acid groups (broad SMARTS) is 1. The maximum atomic E-state index is 11.6. The minimum absolute atomic E-state index is 0.234. The average Bonchev–Trinajstić information content (AvgIpc) is 2.98. The van der Waals surface area contributed by atoms with E-state index in [1.165, 1.54) is 17.8 Å². The molecule has 0 aliphatic carbocycles. The summed E-state index contributed by atoms with van der Waals surface area (Å²) in [5.41, 5.74) is 1.82. The summed E-state index contributed by atoms with van der Waals surface area (Å²) in [5, 5.41) is 17.5. The summed E-state index contributed by atoms with van der Waals surface area (Å²) in [6.45, 7) is 6.98. The van der Waals surface area contributed by atoms with E-state index in [1.807, 2.05) is 0 Å². The number of imidazole rings is 1. The van der Waals surface area contributed by atoms with E-state index in [2.05, 4.69) is 33.9 Å². The van der Waals surface area contributed by atoms with Crippen molar-refractivity contribution in [2.45, 2.75) is 0 Å². The van der Waals surface area contributed by atoms with Crippen LogP contribution in [0.5, 0.6) is 0 Å². The number of allylic oxidation sites excluding steroid dienone is 3. The Hall–Kier alpha value is -3.62. The Bertz CT molecular complexity index is 869. The number of ether oxygens (including phenoxy) is 1. The van der Waals surface area contributed by atoms with Crippen molar-refractivity contribution < 1.29 is 19.4 Å². The molecule has 9 nitrogen and oxygen atoms in total. The maximum Gasteiger partial charge on any atom is 0.323 e. The van der Waals surface area contributed by atoms with Crippen molar-refractivity contribution in [3.63, 3.8) is 0 Å².